The quantitative estimate of drug-likeness (QED) is 0.706. The highest BCUT2D eigenvalue weighted by Crippen LogP contribution is 2.46. The molecule has 1 aromatic heterocycles. The van der Waals surface area contributed by atoms with Crippen molar-refractivity contribution in [2.75, 3.05) is 0 Å². The molecule has 20 heavy (non-hydrogen) atoms. The van der Waals surface area contributed by atoms with Crippen molar-refractivity contribution in [2.45, 2.75) is 58.4 Å². The van der Waals surface area contributed by atoms with E-state index in [1.54, 1.807) is 0 Å². The second-order valence-corrected chi connectivity index (χ2v) is 6.98. The Morgan fingerprint density at radius 3 is 2.70 bits per heavy atom. The number of alkyl halides is 1. The van der Waals surface area contributed by atoms with Gasteiger partial charge in [0.15, 0.2) is 0 Å². The number of benzene rings is 1. The van der Waals surface area contributed by atoms with Crippen molar-refractivity contribution in [3.05, 3.63) is 29.6 Å². The first kappa shape index (κ1) is 13.9. The van der Waals surface area contributed by atoms with Gasteiger partial charge in [-0.2, -0.15) is 0 Å². The van der Waals surface area contributed by atoms with E-state index < -0.39 is 0 Å². The summed E-state index contributed by atoms with van der Waals surface area (Å²) in [5.74, 6) is 1.02. The molecule has 0 amide bonds. The van der Waals surface area contributed by atoms with Crippen molar-refractivity contribution in [3.8, 4) is 0 Å². The van der Waals surface area contributed by atoms with Crippen LogP contribution in [0.2, 0.25) is 0 Å². The van der Waals surface area contributed by atoms with Gasteiger partial charge in [0.1, 0.15) is 5.82 Å². The Balaban J connectivity index is 2.12. The summed E-state index contributed by atoms with van der Waals surface area (Å²) in [7, 11) is 0. The van der Waals surface area contributed by atoms with Crippen molar-refractivity contribution in [3.63, 3.8) is 0 Å². The number of aromatic nitrogens is 2. The number of aryl methyl sites for hydroxylation is 1. The van der Waals surface area contributed by atoms with E-state index in [1.165, 1.54) is 36.8 Å². The maximum atomic E-state index is 6.38. The van der Waals surface area contributed by atoms with Crippen molar-refractivity contribution in [2.24, 2.45) is 5.41 Å². The summed E-state index contributed by atoms with van der Waals surface area (Å²) in [5.41, 5.74) is 4.06. The average molecular weight is 291 g/mol. The first-order chi connectivity index (χ1) is 9.56. The lowest BCUT2D eigenvalue weighted by Crippen LogP contribution is -2.34. The normalized spacial score (nSPS) is 19.0. The van der Waals surface area contributed by atoms with Gasteiger partial charge in [-0.05, 0) is 50.2 Å². The predicted octanol–water partition coefficient (Wildman–Crippen LogP) is 5.22. The van der Waals surface area contributed by atoms with Gasteiger partial charge in [-0.1, -0.05) is 25.5 Å². The van der Waals surface area contributed by atoms with Gasteiger partial charge < -0.3 is 4.57 Å². The van der Waals surface area contributed by atoms with E-state index in [0.29, 0.717) is 5.41 Å². The first-order valence-corrected chi connectivity index (χ1v) is 8.10. The highest BCUT2D eigenvalue weighted by atomic mass is 35.5. The number of halogens is 1. The minimum Gasteiger partial charge on any atom is -0.326 e. The van der Waals surface area contributed by atoms with Crippen LogP contribution in [0.1, 0.15) is 56.3 Å². The smallest absolute Gasteiger partial charge is 0.127 e. The van der Waals surface area contributed by atoms with E-state index >= 15 is 0 Å². The Bertz CT molecular complexity index is 618. The van der Waals surface area contributed by atoms with Gasteiger partial charge >= 0.3 is 0 Å². The second-order valence-electron chi connectivity index (χ2n) is 6.32. The third-order valence-electron chi connectivity index (χ3n) is 5.02. The van der Waals surface area contributed by atoms with Gasteiger partial charge in [0.2, 0.25) is 0 Å². The van der Waals surface area contributed by atoms with Gasteiger partial charge in [0.25, 0.3) is 0 Å². The molecule has 3 heteroatoms. The molecule has 0 aliphatic heterocycles. The summed E-state index contributed by atoms with van der Waals surface area (Å²) in [6, 6.07) is 6.43. The number of nitrogens with zero attached hydrogens (tertiary/aromatic N) is 2. The summed E-state index contributed by atoms with van der Waals surface area (Å²) < 4.78 is 2.38. The number of rotatable bonds is 4. The fourth-order valence-electron chi connectivity index (χ4n) is 3.41. The van der Waals surface area contributed by atoms with E-state index in [4.69, 9.17) is 16.6 Å². The molecule has 1 aliphatic rings. The summed E-state index contributed by atoms with van der Waals surface area (Å²) in [4.78, 5) is 4.82. The van der Waals surface area contributed by atoms with Crippen LogP contribution in [-0.2, 0) is 6.54 Å². The van der Waals surface area contributed by atoms with Crippen LogP contribution in [0.3, 0.4) is 0 Å². The predicted molar refractivity (Wildman–Crippen MR) is 85.3 cm³/mol. The maximum Gasteiger partial charge on any atom is 0.127 e. The minimum atomic E-state index is -0.0456. The molecule has 0 spiro atoms. The van der Waals surface area contributed by atoms with Crippen molar-refractivity contribution in [1.29, 1.82) is 0 Å². The molecular weight excluding hydrogens is 268 g/mol. The zero-order valence-corrected chi connectivity index (χ0v) is 13.4. The molecule has 1 aromatic carbocycles. The average Bonchev–Trinajstić information content (AvgIpc) is 2.74. The van der Waals surface area contributed by atoms with Crippen LogP contribution in [0.15, 0.2) is 18.2 Å². The molecular formula is C17H23ClN2. The SMILES string of the molecule is CCC1(Cn2c(C(C)Cl)nc3c(C)cccc32)CCC1. The molecule has 2 aromatic rings. The number of hydrogen-bond acceptors (Lipinski definition) is 1. The Morgan fingerprint density at radius 2 is 2.15 bits per heavy atom. The van der Waals surface area contributed by atoms with Gasteiger partial charge in [0.05, 0.1) is 16.4 Å². The minimum absolute atomic E-state index is 0.0456. The second kappa shape index (κ2) is 5.07. The standard InChI is InChI=1S/C17H23ClN2/c1-4-17(9-6-10-17)11-20-14-8-5-7-12(2)15(14)19-16(20)13(3)18/h5,7-8,13H,4,6,9-11H2,1-3H3. The van der Waals surface area contributed by atoms with E-state index in [-0.39, 0.29) is 5.38 Å². The Morgan fingerprint density at radius 1 is 1.40 bits per heavy atom. The van der Waals surface area contributed by atoms with Crippen LogP contribution in [-0.4, -0.2) is 9.55 Å². The fraction of sp³-hybridized carbons (Fsp3) is 0.588. The first-order valence-electron chi connectivity index (χ1n) is 7.66. The summed E-state index contributed by atoms with van der Waals surface area (Å²) in [6.45, 7) is 7.53. The van der Waals surface area contributed by atoms with Crippen LogP contribution < -0.4 is 0 Å². The summed E-state index contributed by atoms with van der Waals surface area (Å²) in [5, 5.41) is -0.0456. The van der Waals surface area contributed by atoms with Crippen LogP contribution in [0.4, 0.5) is 0 Å². The lowest BCUT2D eigenvalue weighted by atomic mass is 9.67. The number of hydrogen-bond donors (Lipinski definition) is 0. The molecule has 1 saturated carbocycles. The van der Waals surface area contributed by atoms with Crippen molar-refractivity contribution < 1.29 is 0 Å². The van der Waals surface area contributed by atoms with Crippen LogP contribution in [0.5, 0.6) is 0 Å². The number of imidazole rings is 1. The Labute approximate surface area is 126 Å². The topological polar surface area (TPSA) is 17.8 Å². The summed E-state index contributed by atoms with van der Waals surface area (Å²) in [6.07, 6.45) is 5.29. The molecule has 0 saturated heterocycles. The van der Waals surface area contributed by atoms with E-state index in [2.05, 4.69) is 36.6 Å². The maximum absolute atomic E-state index is 6.38. The fourth-order valence-corrected chi connectivity index (χ4v) is 3.58. The van der Waals surface area contributed by atoms with E-state index in [1.807, 2.05) is 6.92 Å². The number of fused-ring (bicyclic) bond motifs is 1. The van der Waals surface area contributed by atoms with Gasteiger partial charge in [0, 0.05) is 6.54 Å². The lowest BCUT2D eigenvalue weighted by molar-refractivity contribution is 0.101. The molecule has 3 rings (SSSR count). The van der Waals surface area contributed by atoms with Crippen molar-refractivity contribution >= 4 is 22.6 Å². The molecule has 0 radical (unpaired) electrons. The Hall–Kier alpha value is -1.02. The summed E-state index contributed by atoms with van der Waals surface area (Å²) >= 11 is 6.38. The van der Waals surface area contributed by atoms with Crippen LogP contribution in [0.25, 0.3) is 11.0 Å². The van der Waals surface area contributed by atoms with Gasteiger partial charge in [-0.3, -0.25) is 0 Å². The highest BCUT2D eigenvalue weighted by Gasteiger charge is 2.36. The van der Waals surface area contributed by atoms with Gasteiger partial charge in [-0.25, -0.2) is 4.98 Å². The highest BCUT2D eigenvalue weighted by molar-refractivity contribution is 6.20. The monoisotopic (exact) mass is 290 g/mol. The molecule has 1 unspecified atom stereocenters. The zero-order chi connectivity index (χ0) is 14.3. The molecule has 1 heterocycles. The number of para-hydroxylation sites is 1. The van der Waals surface area contributed by atoms with E-state index in [0.717, 1.165) is 17.9 Å². The largest absolute Gasteiger partial charge is 0.326 e. The van der Waals surface area contributed by atoms with Crippen molar-refractivity contribution in [1.82, 2.24) is 9.55 Å². The molecule has 2 nitrogen and oxygen atoms in total. The van der Waals surface area contributed by atoms with Gasteiger partial charge in [-0.15, -0.1) is 11.6 Å². The molecule has 1 atom stereocenters. The van der Waals surface area contributed by atoms with Crippen LogP contribution >= 0.6 is 11.6 Å². The molecule has 108 valence electrons. The molecule has 0 N–H and O–H groups in total. The van der Waals surface area contributed by atoms with Crippen LogP contribution in [0, 0.1) is 12.3 Å². The Kier molecular flexibility index (Phi) is 3.53. The third kappa shape index (κ3) is 2.14. The molecule has 0 bridgehead atoms. The van der Waals surface area contributed by atoms with E-state index in [9.17, 15) is 0 Å². The molecule has 1 aliphatic carbocycles. The zero-order valence-electron chi connectivity index (χ0n) is 12.6. The lowest BCUT2D eigenvalue weighted by Gasteiger charge is -2.42. The third-order valence-corrected chi connectivity index (χ3v) is 5.22. The molecule has 1 fully saturated rings.